The summed E-state index contributed by atoms with van der Waals surface area (Å²) in [5, 5.41) is 4.77. The highest BCUT2D eigenvalue weighted by molar-refractivity contribution is 14.1. The molecular formula is C35H27Br2IN4. The number of fused-ring (bicyclic) bond motifs is 6. The Hall–Kier alpha value is -3.53. The number of benzene rings is 4. The van der Waals surface area contributed by atoms with Gasteiger partial charge in [0.25, 0.3) is 0 Å². The van der Waals surface area contributed by atoms with Crippen molar-refractivity contribution in [3.05, 3.63) is 146 Å². The maximum Gasteiger partial charge on any atom is 0.145 e. The summed E-state index contributed by atoms with van der Waals surface area (Å²) in [5.74, 6) is 0. The van der Waals surface area contributed by atoms with E-state index in [9.17, 15) is 0 Å². The SMILES string of the molecule is Brc1cccc2c1[nH]c1ncccc12.Brc1cccc2c3cccnc3n(-c3ccccc3)c12.C.Ic1ccccc1. The van der Waals surface area contributed by atoms with Gasteiger partial charge in [-0.25, -0.2) is 9.97 Å². The standard InChI is InChI=1S/C17H11BrN2.C11H7BrN2.C6H5I.CH4/c18-15-10-4-8-13-14-9-5-11-19-17(14)20(16(13)15)12-6-2-1-3-7-12;12-9-5-1-3-7-8-4-2-6-13-11(8)14-10(7)9;7-6-4-2-1-3-5-6;/h1-11H;1-6H,(H,13,14);1-5H;1H4. The van der Waals surface area contributed by atoms with E-state index in [1.54, 1.807) is 6.20 Å². The molecule has 4 aromatic heterocycles. The normalized spacial score (nSPS) is 10.5. The quantitative estimate of drug-likeness (QED) is 0.168. The Bertz CT molecular complexity index is 2090. The van der Waals surface area contributed by atoms with Crippen LogP contribution in [0, 0.1) is 3.57 Å². The number of hydrogen-bond donors (Lipinski definition) is 1. The average Bonchev–Trinajstić information content (AvgIpc) is 3.57. The van der Waals surface area contributed by atoms with Crippen molar-refractivity contribution in [3.8, 4) is 5.69 Å². The molecule has 0 saturated carbocycles. The molecule has 0 amide bonds. The van der Waals surface area contributed by atoms with Crippen LogP contribution in [-0.4, -0.2) is 19.5 Å². The lowest BCUT2D eigenvalue weighted by atomic mass is 10.2. The zero-order valence-corrected chi connectivity index (χ0v) is 27.0. The molecule has 0 bridgehead atoms. The molecular weight excluding hydrogens is 763 g/mol. The molecule has 4 aromatic carbocycles. The molecule has 0 fully saturated rings. The molecule has 42 heavy (non-hydrogen) atoms. The molecule has 4 nitrogen and oxygen atoms in total. The van der Waals surface area contributed by atoms with Gasteiger partial charge in [0.15, 0.2) is 0 Å². The number of nitrogens with one attached hydrogen (secondary N) is 1. The van der Waals surface area contributed by atoms with Crippen LogP contribution < -0.4 is 0 Å². The first-order chi connectivity index (χ1) is 20.1. The van der Waals surface area contributed by atoms with Crippen LogP contribution in [0.5, 0.6) is 0 Å². The van der Waals surface area contributed by atoms with Crippen LogP contribution in [0.15, 0.2) is 143 Å². The van der Waals surface area contributed by atoms with E-state index in [1.807, 2.05) is 66.9 Å². The molecule has 7 heteroatoms. The van der Waals surface area contributed by atoms with E-state index in [-0.39, 0.29) is 7.43 Å². The van der Waals surface area contributed by atoms with Crippen LogP contribution in [0.1, 0.15) is 7.43 Å². The monoisotopic (exact) mass is 788 g/mol. The molecule has 1 N–H and O–H groups in total. The number of rotatable bonds is 1. The van der Waals surface area contributed by atoms with E-state index in [4.69, 9.17) is 0 Å². The fourth-order valence-electron chi connectivity index (χ4n) is 4.81. The topological polar surface area (TPSA) is 46.5 Å². The van der Waals surface area contributed by atoms with E-state index in [0.29, 0.717) is 0 Å². The maximum atomic E-state index is 4.58. The molecule has 0 aliphatic carbocycles. The number of halogens is 3. The lowest BCUT2D eigenvalue weighted by Crippen LogP contribution is -1.95. The van der Waals surface area contributed by atoms with Gasteiger partial charge in [0, 0.05) is 52.1 Å². The van der Waals surface area contributed by atoms with E-state index < -0.39 is 0 Å². The predicted molar refractivity (Wildman–Crippen MR) is 193 cm³/mol. The summed E-state index contributed by atoms with van der Waals surface area (Å²) in [7, 11) is 0. The third-order valence-corrected chi connectivity index (χ3v) is 8.62. The van der Waals surface area contributed by atoms with Gasteiger partial charge in [0.1, 0.15) is 11.3 Å². The first-order valence-corrected chi connectivity index (χ1v) is 15.6. The van der Waals surface area contributed by atoms with Gasteiger partial charge in [0.05, 0.1) is 11.0 Å². The number of hydrogen-bond acceptors (Lipinski definition) is 2. The minimum Gasteiger partial charge on any atom is -0.338 e. The second-order valence-corrected chi connectivity index (χ2v) is 12.1. The van der Waals surface area contributed by atoms with Gasteiger partial charge >= 0.3 is 0 Å². The van der Waals surface area contributed by atoms with Crippen molar-refractivity contribution in [3.63, 3.8) is 0 Å². The zero-order valence-electron chi connectivity index (χ0n) is 21.7. The van der Waals surface area contributed by atoms with Crippen molar-refractivity contribution in [2.45, 2.75) is 7.43 Å². The number of aromatic nitrogens is 4. The second-order valence-electron chi connectivity index (χ2n) is 9.16. The van der Waals surface area contributed by atoms with Gasteiger partial charge in [-0.3, -0.25) is 4.57 Å². The third-order valence-electron chi connectivity index (χ3n) is 6.60. The van der Waals surface area contributed by atoms with Gasteiger partial charge in [-0.1, -0.05) is 68.1 Å². The fraction of sp³-hybridized carbons (Fsp3) is 0.0286. The molecule has 0 unspecified atom stereocenters. The summed E-state index contributed by atoms with van der Waals surface area (Å²) in [6, 6.07) is 41.1. The number of pyridine rings is 2. The molecule has 4 heterocycles. The van der Waals surface area contributed by atoms with Crippen molar-refractivity contribution in [2.24, 2.45) is 0 Å². The number of nitrogens with zero attached hydrogens (tertiary/aromatic N) is 3. The predicted octanol–water partition coefficient (Wildman–Crippen LogP) is 11.3. The van der Waals surface area contributed by atoms with Crippen molar-refractivity contribution in [1.29, 1.82) is 0 Å². The first-order valence-electron chi connectivity index (χ1n) is 12.9. The zero-order chi connectivity index (χ0) is 28.2. The van der Waals surface area contributed by atoms with Gasteiger partial charge < -0.3 is 4.98 Å². The lowest BCUT2D eigenvalue weighted by Gasteiger charge is -2.07. The molecule has 0 saturated heterocycles. The van der Waals surface area contributed by atoms with Crippen LogP contribution in [0.2, 0.25) is 0 Å². The molecule has 0 atom stereocenters. The Morgan fingerprint density at radius 2 is 1.17 bits per heavy atom. The summed E-state index contributed by atoms with van der Waals surface area (Å²) >= 11 is 9.47. The Balaban J connectivity index is 0.000000139. The molecule has 0 spiro atoms. The summed E-state index contributed by atoms with van der Waals surface area (Å²) in [6.45, 7) is 0. The number of aromatic amines is 1. The first kappa shape index (κ1) is 29.9. The van der Waals surface area contributed by atoms with Gasteiger partial charge in [0.2, 0.25) is 0 Å². The van der Waals surface area contributed by atoms with Crippen molar-refractivity contribution in [2.75, 3.05) is 0 Å². The summed E-state index contributed by atoms with van der Waals surface area (Å²) < 4.78 is 5.65. The second kappa shape index (κ2) is 13.6. The summed E-state index contributed by atoms with van der Waals surface area (Å²) in [4.78, 5) is 12.1. The van der Waals surface area contributed by atoms with Crippen LogP contribution >= 0.6 is 54.5 Å². The highest BCUT2D eigenvalue weighted by Gasteiger charge is 2.14. The van der Waals surface area contributed by atoms with Crippen LogP contribution in [0.3, 0.4) is 0 Å². The summed E-state index contributed by atoms with van der Waals surface area (Å²) in [5.41, 5.74) is 5.32. The van der Waals surface area contributed by atoms with Crippen molar-refractivity contribution < 1.29 is 0 Å². The molecule has 0 aliphatic heterocycles. The van der Waals surface area contributed by atoms with E-state index >= 15 is 0 Å². The fourth-order valence-corrected chi connectivity index (χ4v) is 6.23. The van der Waals surface area contributed by atoms with E-state index in [1.165, 1.54) is 25.1 Å². The highest BCUT2D eigenvalue weighted by atomic mass is 127. The van der Waals surface area contributed by atoms with Gasteiger partial charge in [-0.05, 0) is 115 Å². The average molecular weight is 790 g/mol. The Labute approximate surface area is 275 Å². The third kappa shape index (κ3) is 6.14. The lowest BCUT2D eigenvalue weighted by molar-refractivity contribution is 1.13. The van der Waals surface area contributed by atoms with E-state index in [2.05, 4.69) is 135 Å². The Kier molecular flexibility index (Phi) is 9.72. The highest BCUT2D eigenvalue weighted by Crippen LogP contribution is 2.35. The number of H-pyrrole nitrogens is 1. The minimum atomic E-state index is 0. The molecule has 8 aromatic rings. The van der Waals surface area contributed by atoms with Gasteiger partial charge in [-0.2, -0.15) is 0 Å². The van der Waals surface area contributed by atoms with Crippen molar-refractivity contribution in [1.82, 2.24) is 19.5 Å². The maximum absolute atomic E-state index is 4.58. The van der Waals surface area contributed by atoms with Gasteiger partial charge in [-0.15, -0.1) is 0 Å². The number of para-hydroxylation sites is 3. The molecule has 8 rings (SSSR count). The van der Waals surface area contributed by atoms with Crippen LogP contribution in [-0.2, 0) is 0 Å². The Morgan fingerprint density at radius 3 is 1.86 bits per heavy atom. The molecule has 0 radical (unpaired) electrons. The molecule has 208 valence electrons. The summed E-state index contributed by atoms with van der Waals surface area (Å²) in [6.07, 6.45) is 3.64. The largest absolute Gasteiger partial charge is 0.338 e. The van der Waals surface area contributed by atoms with Crippen LogP contribution in [0.4, 0.5) is 0 Å². The van der Waals surface area contributed by atoms with Crippen LogP contribution in [0.25, 0.3) is 49.6 Å². The van der Waals surface area contributed by atoms with Crippen molar-refractivity contribution >= 4 is 98.3 Å². The molecule has 0 aliphatic rings. The minimum absolute atomic E-state index is 0. The smallest absolute Gasteiger partial charge is 0.145 e. The van der Waals surface area contributed by atoms with E-state index in [0.717, 1.165) is 37.0 Å². The Morgan fingerprint density at radius 1 is 0.571 bits per heavy atom.